The smallest absolute Gasteiger partial charge is 0.0224 e. The molecule has 2 fully saturated rings. The largest absolute Gasteiger partial charge is 0.314 e. The fourth-order valence-corrected chi connectivity index (χ4v) is 2.49. The quantitative estimate of drug-likeness (QED) is 0.634. The van der Waals surface area contributed by atoms with Crippen molar-refractivity contribution in [1.29, 1.82) is 0 Å². The van der Waals surface area contributed by atoms with Gasteiger partial charge in [0.2, 0.25) is 0 Å². The second kappa shape index (κ2) is 3.11. The van der Waals surface area contributed by atoms with Gasteiger partial charge in [-0.1, -0.05) is 6.92 Å². The van der Waals surface area contributed by atoms with Crippen molar-refractivity contribution in [3.8, 4) is 0 Å². The third kappa shape index (κ3) is 1.30. The van der Waals surface area contributed by atoms with Gasteiger partial charge < -0.3 is 5.32 Å². The van der Waals surface area contributed by atoms with Crippen LogP contribution in [0.3, 0.4) is 0 Å². The van der Waals surface area contributed by atoms with Crippen LogP contribution in [0.1, 0.15) is 26.2 Å². The summed E-state index contributed by atoms with van der Waals surface area (Å²) in [5.74, 6) is 0. The Kier molecular flexibility index (Phi) is 2.14. The van der Waals surface area contributed by atoms with Gasteiger partial charge in [0.1, 0.15) is 0 Å². The second-order valence-electron chi connectivity index (χ2n) is 3.78. The maximum atomic E-state index is 3.49. The molecule has 0 aliphatic carbocycles. The molecule has 2 aliphatic heterocycles. The van der Waals surface area contributed by atoms with Crippen LogP contribution >= 0.6 is 0 Å². The van der Waals surface area contributed by atoms with Gasteiger partial charge in [0, 0.05) is 25.2 Å². The maximum Gasteiger partial charge on any atom is 0.0224 e. The van der Waals surface area contributed by atoms with Gasteiger partial charge in [-0.2, -0.15) is 0 Å². The molecule has 2 heterocycles. The lowest BCUT2D eigenvalue weighted by molar-refractivity contribution is 0.154. The van der Waals surface area contributed by atoms with Crippen LogP contribution in [0.2, 0.25) is 0 Å². The lowest BCUT2D eigenvalue weighted by atomic mass is 10.2. The van der Waals surface area contributed by atoms with Crippen molar-refractivity contribution in [2.24, 2.45) is 0 Å². The maximum absolute atomic E-state index is 3.49. The van der Waals surface area contributed by atoms with Gasteiger partial charge >= 0.3 is 0 Å². The standard InChI is InChI=1S/C9H18N2/c1-2-5-11-8-3-4-9(11)7-10-6-8/h8-10H,2-7H2,1H3. The minimum absolute atomic E-state index is 0.869. The van der Waals surface area contributed by atoms with Crippen LogP contribution < -0.4 is 5.32 Å². The van der Waals surface area contributed by atoms with E-state index in [4.69, 9.17) is 0 Å². The van der Waals surface area contributed by atoms with Gasteiger partial charge in [0.05, 0.1) is 0 Å². The van der Waals surface area contributed by atoms with E-state index in [1.165, 1.54) is 38.9 Å². The first kappa shape index (κ1) is 7.56. The average molecular weight is 154 g/mol. The first-order chi connectivity index (χ1) is 5.42. The van der Waals surface area contributed by atoms with E-state index in [0.717, 1.165) is 12.1 Å². The van der Waals surface area contributed by atoms with Gasteiger partial charge in [-0.15, -0.1) is 0 Å². The van der Waals surface area contributed by atoms with E-state index in [0.29, 0.717) is 0 Å². The summed E-state index contributed by atoms with van der Waals surface area (Å²) in [4.78, 5) is 2.70. The Labute approximate surface area is 69.0 Å². The number of piperazine rings is 1. The summed E-state index contributed by atoms with van der Waals surface area (Å²) in [6, 6.07) is 1.74. The molecular formula is C9H18N2. The molecule has 2 heteroatoms. The van der Waals surface area contributed by atoms with Gasteiger partial charge in [-0.25, -0.2) is 0 Å². The highest BCUT2D eigenvalue weighted by Crippen LogP contribution is 2.26. The van der Waals surface area contributed by atoms with E-state index in [2.05, 4.69) is 17.1 Å². The van der Waals surface area contributed by atoms with Crippen molar-refractivity contribution in [2.75, 3.05) is 19.6 Å². The molecule has 0 amide bonds. The Morgan fingerprint density at radius 1 is 1.27 bits per heavy atom. The Morgan fingerprint density at radius 3 is 2.45 bits per heavy atom. The zero-order chi connectivity index (χ0) is 7.68. The highest BCUT2D eigenvalue weighted by atomic mass is 15.3. The molecule has 2 unspecified atom stereocenters. The van der Waals surface area contributed by atoms with Crippen molar-refractivity contribution < 1.29 is 0 Å². The van der Waals surface area contributed by atoms with Crippen LogP contribution in [-0.4, -0.2) is 36.6 Å². The zero-order valence-electron chi connectivity index (χ0n) is 7.34. The molecule has 64 valence electrons. The van der Waals surface area contributed by atoms with E-state index < -0.39 is 0 Å². The summed E-state index contributed by atoms with van der Waals surface area (Å²) in [6.45, 7) is 6.06. The van der Waals surface area contributed by atoms with Crippen LogP contribution in [0.15, 0.2) is 0 Å². The molecule has 2 rings (SSSR count). The van der Waals surface area contributed by atoms with Crippen LogP contribution in [0.5, 0.6) is 0 Å². The zero-order valence-corrected chi connectivity index (χ0v) is 7.34. The third-order valence-electron chi connectivity index (χ3n) is 3.01. The molecule has 2 aliphatic rings. The van der Waals surface area contributed by atoms with Gasteiger partial charge in [0.15, 0.2) is 0 Å². The van der Waals surface area contributed by atoms with E-state index >= 15 is 0 Å². The first-order valence-corrected chi connectivity index (χ1v) is 4.88. The Hall–Kier alpha value is -0.0800. The number of fused-ring (bicyclic) bond motifs is 2. The predicted molar refractivity (Wildman–Crippen MR) is 46.7 cm³/mol. The molecule has 0 saturated carbocycles. The molecule has 2 bridgehead atoms. The van der Waals surface area contributed by atoms with Crippen molar-refractivity contribution in [1.82, 2.24) is 10.2 Å². The number of rotatable bonds is 2. The van der Waals surface area contributed by atoms with Crippen LogP contribution in [0.4, 0.5) is 0 Å². The molecule has 0 radical (unpaired) electrons. The van der Waals surface area contributed by atoms with Crippen molar-refractivity contribution in [2.45, 2.75) is 38.3 Å². The SMILES string of the molecule is CCCN1C2CCC1CNC2. The van der Waals surface area contributed by atoms with E-state index in [1.807, 2.05) is 0 Å². The number of nitrogens with zero attached hydrogens (tertiary/aromatic N) is 1. The number of nitrogens with one attached hydrogen (secondary N) is 1. The average Bonchev–Trinajstić information content (AvgIpc) is 2.30. The Bertz CT molecular complexity index is 120. The molecule has 2 atom stereocenters. The van der Waals surface area contributed by atoms with Crippen LogP contribution in [0, 0.1) is 0 Å². The summed E-state index contributed by atoms with van der Waals surface area (Å²) in [5.41, 5.74) is 0. The lowest BCUT2D eigenvalue weighted by Gasteiger charge is -2.34. The van der Waals surface area contributed by atoms with Crippen LogP contribution in [-0.2, 0) is 0 Å². The number of hydrogen-bond acceptors (Lipinski definition) is 2. The van der Waals surface area contributed by atoms with Crippen molar-refractivity contribution in [3.05, 3.63) is 0 Å². The summed E-state index contributed by atoms with van der Waals surface area (Å²) in [5, 5.41) is 3.49. The Morgan fingerprint density at radius 2 is 1.91 bits per heavy atom. The molecule has 1 N–H and O–H groups in total. The highest BCUT2D eigenvalue weighted by molar-refractivity contribution is 4.93. The van der Waals surface area contributed by atoms with Crippen molar-refractivity contribution in [3.63, 3.8) is 0 Å². The summed E-state index contributed by atoms with van der Waals surface area (Å²) >= 11 is 0. The summed E-state index contributed by atoms with van der Waals surface area (Å²) in [7, 11) is 0. The van der Waals surface area contributed by atoms with Gasteiger partial charge in [0.25, 0.3) is 0 Å². The molecule has 11 heavy (non-hydrogen) atoms. The first-order valence-electron chi connectivity index (χ1n) is 4.88. The minimum Gasteiger partial charge on any atom is -0.314 e. The molecule has 0 spiro atoms. The second-order valence-corrected chi connectivity index (χ2v) is 3.78. The van der Waals surface area contributed by atoms with Gasteiger partial charge in [-0.05, 0) is 25.8 Å². The van der Waals surface area contributed by atoms with E-state index in [-0.39, 0.29) is 0 Å². The predicted octanol–water partition coefficient (Wildman–Crippen LogP) is 0.833. The fourth-order valence-electron chi connectivity index (χ4n) is 2.49. The normalized spacial score (nSPS) is 37.9. The monoisotopic (exact) mass is 154 g/mol. The highest BCUT2D eigenvalue weighted by Gasteiger charge is 2.35. The summed E-state index contributed by atoms with van der Waals surface area (Å²) < 4.78 is 0. The summed E-state index contributed by atoms with van der Waals surface area (Å²) in [6.07, 6.45) is 4.17. The number of hydrogen-bond donors (Lipinski definition) is 1. The van der Waals surface area contributed by atoms with Gasteiger partial charge in [-0.3, -0.25) is 4.90 Å². The molecule has 2 nitrogen and oxygen atoms in total. The molecule has 0 aromatic carbocycles. The molecule has 0 aromatic rings. The minimum atomic E-state index is 0.869. The lowest BCUT2D eigenvalue weighted by Crippen LogP contribution is -2.51. The van der Waals surface area contributed by atoms with E-state index in [9.17, 15) is 0 Å². The molecule has 0 aromatic heterocycles. The van der Waals surface area contributed by atoms with Crippen LogP contribution in [0.25, 0.3) is 0 Å². The van der Waals surface area contributed by atoms with E-state index in [1.54, 1.807) is 0 Å². The topological polar surface area (TPSA) is 15.3 Å². The molecule has 2 saturated heterocycles. The third-order valence-corrected chi connectivity index (χ3v) is 3.01. The molecular weight excluding hydrogens is 136 g/mol. The fraction of sp³-hybridized carbons (Fsp3) is 1.00. The van der Waals surface area contributed by atoms with Crippen molar-refractivity contribution >= 4 is 0 Å². The Balaban J connectivity index is 1.97.